The van der Waals surface area contributed by atoms with E-state index in [0.717, 1.165) is 41.5 Å². The predicted molar refractivity (Wildman–Crippen MR) is 113 cm³/mol. The monoisotopic (exact) mass is 361 g/mol. The summed E-state index contributed by atoms with van der Waals surface area (Å²) in [5.74, 6) is 0.701. The second-order valence-electron chi connectivity index (χ2n) is 7.85. The third-order valence-corrected chi connectivity index (χ3v) is 5.61. The zero-order valence-electron chi connectivity index (χ0n) is 16.3. The number of rotatable bonds is 3. The Balaban J connectivity index is 1.55. The molecule has 4 nitrogen and oxygen atoms in total. The number of aryl methyl sites for hydroxylation is 2. The highest BCUT2D eigenvalue weighted by Gasteiger charge is 2.25. The molecule has 0 radical (unpaired) electrons. The van der Waals surface area contributed by atoms with Gasteiger partial charge in [0.15, 0.2) is 0 Å². The van der Waals surface area contributed by atoms with Gasteiger partial charge in [-0.1, -0.05) is 19.1 Å². The van der Waals surface area contributed by atoms with Crippen molar-refractivity contribution in [2.24, 2.45) is 5.92 Å². The van der Waals surface area contributed by atoms with Crippen LogP contribution >= 0.6 is 0 Å². The average molecular weight is 361 g/mol. The number of carbonyl (C=O) groups excluding carboxylic acids is 1. The Hall–Kier alpha value is -2.75. The predicted octanol–water partition coefficient (Wildman–Crippen LogP) is 4.94. The standard InChI is InChI=1S/C23H27N3O/c1-15-6-5-11-26(14-15)21-10-9-18(12-17(21)3)24-13-19-22-16(2)7-4-8-20(22)25-23(19)27/h4,7-10,12-13,15,24H,5-6,11,14H2,1-3H3,(H,25,27)/b19-13+. The van der Waals surface area contributed by atoms with E-state index in [2.05, 4.69) is 47.6 Å². The summed E-state index contributed by atoms with van der Waals surface area (Å²) in [5, 5.41) is 6.26. The summed E-state index contributed by atoms with van der Waals surface area (Å²) in [7, 11) is 0. The highest BCUT2D eigenvalue weighted by Crippen LogP contribution is 2.34. The summed E-state index contributed by atoms with van der Waals surface area (Å²) in [6.07, 6.45) is 4.41. The lowest BCUT2D eigenvalue weighted by Crippen LogP contribution is -2.34. The normalized spacial score (nSPS) is 20.6. The Labute approximate surface area is 161 Å². The molecule has 0 spiro atoms. The molecule has 140 valence electrons. The fourth-order valence-corrected chi connectivity index (χ4v) is 4.23. The summed E-state index contributed by atoms with van der Waals surface area (Å²) in [4.78, 5) is 14.8. The molecule has 2 aromatic carbocycles. The van der Waals surface area contributed by atoms with Crippen molar-refractivity contribution in [1.82, 2.24) is 0 Å². The molecule has 1 atom stereocenters. The van der Waals surface area contributed by atoms with Crippen molar-refractivity contribution in [3.8, 4) is 0 Å². The third kappa shape index (κ3) is 3.44. The van der Waals surface area contributed by atoms with Crippen LogP contribution in [0.4, 0.5) is 17.1 Å². The molecule has 2 heterocycles. The number of hydrogen-bond donors (Lipinski definition) is 2. The average Bonchev–Trinajstić information content (AvgIpc) is 2.96. The highest BCUT2D eigenvalue weighted by atomic mass is 16.2. The van der Waals surface area contributed by atoms with Crippen molar-refractivity contribution in [2.45, 2.75) is 33.6 Å². The lowest BCUT2D eigenvalue weighted by molar-refractivity contribution is -0.110. The van der Waals surface area contributed by atoms with Crippen molar-refractivity contribution in [3.05, 3.63) is 59.3 Å². The molecule has 1 fully saturated rings. The third-order valence-electron chi connectivity index (χ3n) is 5.61. The van der Waals surface area contributed by atoms with Gasteiger partial charge in [0.05, 0.1) is 5.57 Å². The molecule has 1 saturated heterocycles. The zero-order chi connectivity index (χ0) is 19.0. The van der Waals surface area contributed by atoms with Gasteiger partial charge in [-0.15, -0.1) is 0 Å². The van der Waals surface area contributed by atoms with Crippen LogP contribution in [0.15, 0.2) is 42.6 Å². The molecule has 27 heavy (non-hydrogen) atoms. The van der Waals surface area contributed by atoms with Crippen LogP contribution in [0.2, 0.25) is 0 Å². The van der Waals surface area contributed by atoms with E-state index in [0.29, 0.717) is 5.57 Å². The second kappa shape index (κ2) is 7.10. The van der Waals surface area contributed by atoms with Crippen molar-refractivity contribution < 1.29 is 4.79 Å². The summed E-state index contributed by atoms with van der Waals surface area (Å²) in [6.45, 7) is 8.79. The van der Waals surface area contributed by atoms with Gasteiger partial charge in [0, 0.05) is 41.9 Å². The van der Waals surface area contributed by atoms with Crippen LogP contribution in [0.25, 0.3) is 5.57 Å². The lowest BCUT2D eigenvalue weighted by atomic mass is 9.99. The summed E-state index contributed by atoms with van der Waals surface area (Å²) in [6, 6.07) is 12.4. The van der Waals surface area contributed by atoms with E-state index in [1.54, 1.807) is 0 Å². The first-order valence-corrected chi connectivity index (χ1v) is 9.76. The second-order valence-corrected chi connectivity index (χ2v) is 7.85. The molecule has 2 aromatic rings. The molecule has 0 bridgehead atoms. The molecule has 1 unspecified atom stereocenters. The number of nitrogens with one attached hydrogen (secondary N) is 2. The van der Waals surface area contributed by atoms with Crippen LogP contribution in [0, 0.1) is 19.8 Å². The van der Waals surface area contributed by atoms with Gasteiger partial charge in [0.25, 0.3) is 5.91 Å². The molecule has 0 aliphatic carbocycles. The van der Waals surface area contributed by atoms with Gasteiger partial charge >= 0.3 is 0 Å². The number of anilines is 3. The van der Waals surface area contributed by atoms with Crippen LogP contribution in [-0.2, 0) is 4.79 Å². The van der Waals surface area contributed by atoms with E-state index >= 15 is 0 Å². The summed E-state index contributed by atoms with van der Waals surface area (Å²) in [5.41, 5.74) is 7.26. The molecule has 4 rings (SSSR count). The first-order chi connectivity index (χ1) is 13.0. The van der Waals surface area contributed by atoms with E-state index in [-0.39, 0.29) is 5.91 Å². The highest BCUT2D eigenvalue weighted by molar-refractivity contribution is 6.32. The molecule has 0 saturated carbocycles. The number of piperidine rings is 1. The first-order valence-electron chi connectivity index (χ1n) is 9.76. The fourth-order valence-electron chi connectivity index (χ4n) is 4.23. The lowest BCUT2D eigenvalue weighted by Gasteiger charge is -2.34. The molecule has 2 aliphatic rings. The van der Waals surface area contributed by atoms with Gasteiger partial charge < -0.3 is 15.5 Å². The van der Waals surface area contributed by atoms with Gasteiger partial charge in [-0.2, -0.15) is 0 Å². The zero-order valence-corrected chi connectivity index (χ0v) is 16.3. The molecular weight excluding hydrogens is 334 g/mol. The number of hydrogen-bond acceptors (Lipinski definition) is 3. The minimum atomic E-state index is -0.0533. The quantitative estimate of drug-likeness (QED) is 0.761. The van der Waals surface area contributed by atoms with E-state index in [9.17, 15) is 4.79 Å². The van der Waals surface area contributed by atoms with Crippen molar-refractivity contribution in [2.75, 3.05) is 28.6 Å². The largest absolute Gasteiger partial charge is 0.371 e. The SMILES string of the molecule is Cc1cc(N/C=C2/C(=O)Nc3cccc(C)c32)ccc1N1CCCC(C)C1. The Morgan fingerprint density at radius 1 is 1.19 bits per heavy atom. The van der Waals surface area contributed by atoms with Crippen molar-refractivity contribution in [1.29, 1.82) is 0 Å². The molecular formula is C23H27N3O. The maximum Gasteiger partial charge on any atom is 0.257 e. The van der Waals surface area contributed by atoms with Crippen LogP contribution in [0.1, 0.15) is 36.5 Å². The molecule has 2 aliphatic heterocycles. The Morgan fingerprint density at radius 2 is 2.04 bits per heavy atom. The fraction of sp³-hybridized carbons (Fsp3) is 0.348. The number of fused-ring (bicyclic) bond motifs is 1. The van der Waals surface area contributed by atoms with Crippen molar-refractivity contribution in [3.63, 3.8) is 0 Å². The van der Waals surface area contributed by atoms with Crippen LogP contribution in [0.5, 0.6) is 0 Å². The minimum Gasteiger partial charge on any atom is -0.371 e. The van der Waals surface area contributed by atoms with Crippen LogP contribution in [0.3, 0.4) is 0 Å². The summed E-state index contributed by atoms with van der Waals surface area (Å²) >= 11 is 0. The maximum absolute atomic E-state index is 12.3. The van der Waals surface area contributed by atoms with Gasteiger partial charge in [-0.3, -0.25) is 4.79 Å². The Kier molecular flexibility index (Phi) is 4.65. The van der Waals surface area contributed by atoms with E-state index in [1.165, 1.54) is 24.1 Å². The number of carbonyl (C=O) groups is 1. The summed E-state index contributed by atoms with van der Waals surface area (Å²) < 4.78 is 0. The van der Waals surface area contributed by atoms with Crippen LogP contribution in [-0.4, -0.2) is 19.0 Å². The van der Waals surface area contributed by atoms with Crippen LogP contribution < -0.4 is 15.5 Å². The number of nitrogens with zero attached hydrogens (tertiary/aromatic N) is 1. The number of amides is 1. The number of benzene rings is 2. The molecule has 0 aromatic heterocycles. The minimum absolute atomic E-state index is 0.0533. The van der Waals surface area contributed by atoms with E-state index < -0.39 is 0 Å². The van der Waals surface area contributed by atoms with Gasteiger partial charge in [-0.05, 0) is 68.0 Å². The topological polar surface area (TPSA) is 44.4 Å². The molecule has 1 amide bonds. The smallest absolute Gasteiger partial charge is 0.257 e. The Morgan fingerprint density at radius 3 is 2.81 bits per heavy atom. The van der Waals surface area contributed by atoms with Gasteiger partial charge in [0.2, 0.25) is 0 Å². The van der Waals surface area contributed by atoms with Crippen molar-refractivity contribution >= 4 is 28.5 Å². The van der Waals surface area contributed by atoms with Gasteiger partial charge in [0.1, 0.15) is 0 Å². The Bertz CT molecular complexity index is 916. The van der Waals surface area contributed by atoms with Gasteiger partial charge in [-0.25, -0.2) is 0 Å². The molecule has 4 heteroatoms. The first kappa shape index (κ1) is 17.7. The maximum atomic E-state index is 12.3. The molecule has 2 N–H and O–H groups in total. The van der Waals surface area contributed by atoms with E-state index in [1.807, 2.05) is 31.3 Å². The van der Waals surface area contributed by atoms with E-state index in [4.69, 9.17) is 0 Å².